The van der Waals surface area contributed by atoms with Crippen LogP contribution in [0.25, 0.3) is 0 Å². The molecule has 0 aromatic heterocycles. The molecule has 106 valence electrons. The summed E-state index contributed by atoms with van der Waals surface area (Å²) in [5.74, 6) is 0.949. The van der Waals surface area contributed by atoms with Gasteiger partial charge in [-0.05, 0) is 37.6 Å². The van der Waals surface area contributed by atoms with E-state index in [1.54, 1.807) is 0 Å². The van der Waals surface area contributed by atoms with Gasteiger partial charge in [-0.3, -0.25) is 0 Å². The Kier molecular flexibility index (Phi) is 4.51. The van der Waals surface area contributed by atoms with Crippen LogP contribution in [0.3, 0.4) is 0 Å². The van der Waals surface area contributed by atoms with Gasteiger partial charge in [0.25, 0.3) is 0 Å². The lowest BCUT2D eigenvalue weighted by Crippen LogP contribution is -2.24. The van der Waals surface area contributed by atoms with Crippen molar-refractivity contribution < 1.29 is 4.74 Å². The van der Waals surface area contributed by atoms with Gasteiger partial charge >= 0.3 is 0 Å². The van der Waals surface area contributed by atoms with Crippen molar-refractivity contribution in [3.05, 3.63) is 53.6 Å². The molecule has 0 bridgehead atoms. The number of nitrogens with zero attached hydrogens (tertiary/aromatic N) is 1. The smallest absolute Gasteiger partial charge is 0.122 e. The molecular weight excluding hydrogens is 248 g/mol. The average molecular weight is 270 g/mol. The summed E-state index contributed by atoms with van der Waals surface area (Å²) in [5.41, 5.74) is 10.2. The highest BCUT2D eigenvalue weighted by atomic mass is 16.5. The molecule has 0 aliphatic heterocycles. The van der Waals surface area contributed by atoms with Crippen LogP contribution < -0.4 is 15.4 Å². The Morgan fingerprint density at radius 3 is 2.55 bits per heavy atom. The molecule has 0 unspecified atom stereocenters. The Balaban J connectivity index is 1.91. The molecule has 0 radical (unpaired) electrons. The lowest BCUT2D eigenvalue weighted by Gasteiger charge is -2.21. The summed E-state index contributed by atoms with van der Waals surface area (Å²) < 4.78 is 5.84. The Bertz CT molecular complexity index is 581. The van der Waals surface area contributed by atoms with Crippen LogP contribution in [-0.4, -0.2) is 20.2 Å². The number of hydrogen-bond donors (Lipinski definition) is 1. The molecule has 2 aromatic carbocycles. The van der Waals surface area contributed by atoms with Crippen LogP contribution in [0.2, 0.25) is 0 Å². The topological polar surface area (TPSA) is 38.5 Å². The van der Waals surface area contributed by atoms with Crippen molar-refractivity contribution in [1.82, 2.24) is 0 Å². The SMILES string of the molecule is Cc1ccc(OCCN(C)c2ccccc2N)c(C)c1. The largest absolute Gasteiger partial charge is 0.491 e. The van der Waals surface area contributed by atoms with E-state index in [0.717, 1.165) is 23.7 Å². The highest BCUT2D eigenvalue weighted by Gasteiger charge is 2.05. The van der Waals surface area contributed by atoms with Gasteiger partial charge in [-0.25, -0.2) is 0 Å². The standard InChI is InChI=1S/C17H22N2O/c1-13-8-9-17(14(2)12-13)20-11-10-19(3)16-7-5-4-6-15(16)18/h4-9,12H,10-11,18H2,1-3H3. The Morgan fingerprint density at radius 1 is 1.10 bits per heavy atom. The maximum Gasteiger partial charge on any atom is 0.122 e. The van der Waals surface area contributed by atoms with E-state index in [-0.39, 0.29) is 0 Å². The summed E-state index contributed by atoms with van der Waals surface area (Å²) in [4.78, 5) is 2.11. The van der Waals surface area contributed by atoms with E-state index < -0.39 is 0 Å². The van der Waals surface area contributed by atoms with Crippen molar-refractivity contribution in [2.75, 3.05) is 30.8 Å². The number of hydrogen-bond acceptors (Lipinski definition) is 3. The van der Waals surface area contributed by atoms with Gasteiger partial charge in [0.05, 0.1) is 17.9 Å². The molecule has 0 spiro atoms. The van der Waals surface area contributed by atoms with Gasteiger partial charge in [0, 0.05) is 7.05 Å². The number of para-hydroxylation sites is 2. The third kappa shape index (κ3) is 3.44. The number of rotatable bonds is 5. The minimum atomic E-state index is 0.634. The van der Waals surface area contributed by atoms with E-state index in [1.165, 1.54) is 11.1 Å². The van der Waals surface area contributed by atoms with Crippen LogP contribution in [-0.2, 0) is 0 Å². The number of benzene rings is 2. The zero-order valence-corrected chi connectivity index (χ0v) is 12.4. The van der Waals surface area contributed by atoms with Crippen molar-refractivity contribution in [3.63, 3.8) is 0 Å². The molecule has 0 saturated heterocycles. The van der Waals surface area contributed by atoms with Crippen molar-refractivity contribution in [2.24, 2.45) is 0 Å². The molecule has 0 heterocycles. The monoisotopic (exact) mass is 270 g/mol. The van der Waals surface area contributed by atoms with E-state index in [4.69, 9.17) is 10.5 Å². The first-order chi connectivity index (χ1) is 9.58. The van der Waals surface area contributed by atoms with Crippen molar-refractivity contribution >= 4 is 11.4 Å². The maximum atomic E-state index is 5.96. The first-order valence-electron chi connectivity index (χ1n) is 6.83. The predicted octanol–water partition coefficient (Wildman–Crippen LogP) is 3.40. The molecule has 3 heteroatoms. The molecule has 0 atom stereocenters. The summed E-state index contributed by atoms with van der Waals surface area (Å²) in [6.45, 7) is 5.58. The van der Waals surface area contributed by atoms with Gasteiger partial charge < -0.3 is 15.4 Å². The zero-order chi connectivity index (χ0) is 14.5. The molecule has 0 fully saturated rings. The first-order valence-corrected chi connectivity index (χ1v) is 6.83. The van der Waals surface area contributed by atoms with Crippen LogP contribution in [0.1, 0.15) is 11.1 Å². The van der Waals surface area contributed by atoms with Crippen molar-refractivity contribution in [2.45, 2.75) is 13.8 Å². The van der Waals surface area contributed by atoms with Crippen LogP contribution in [0.5, 0.6) is 5.75 Å². The Labute approximate surface area is 121 Å². The van der Waals surface area contributed by atoms with Crippen LogP contribution in [0, 0.1) is 13.8 Å². The van der Waals surface area contributed by atoms with E-state index >= 15 is 0 Å². The van der Waals surface area contributed by atoms with Gasteiger partial charge in [0.15, 0.2) is 0 Å². The van der Waals surface area contributed by atoms with Crippen LogP contribution in [0.15, 0.2) is 42.5 Å². The molecular formula is C17H22N2O. The molecule has 20 heavy (non-hydrogen) atoms. The lowest BCUT2D eigenvalue weighted by atomic mass is 10.1. The fraction of sp³-hybridized carbons (Fsp3) is 0.294. The van der Waals surface area contributed by atoms with Crippen LogP contribution in [0.4, 0.5) is 11.4 Å². The quantitative estimate of drug-likeness (QED) is 0.846. The average Bonchev–Trinajstić information content (AvgIpc) is 2.41. The second kappa shape index (κ2) is 6.33. The minimum Gasteiger partial charge on any atom is -0.491 e. The Morgan fingerprint density at radius 2 is 1.85 bits per heavy atom. The third-order valence-corrected chi connectivity index (χ3v) is 3.36. The molecule has 0 saturated carbocycles. The summed E-state index contributed by atoms with van der Waals surface area (Å²) >= 11 is 0. The molecule has 2 aromatic rings. The van der Waals surface area contributed by atoms with Gasteiger partial charge in [-0.15, -0.1) is 0 Å². The lowest BCUT2D eigenvalue weighted by molar-refractivity contribution is 0.324. The van der Waals surface area contributed by atoms with Gasteiger partial charge in [0.1, 0.15) is 12.4 Å². The maximum absolute atomic E-state index is 5.96. The van der Waals surface area contributed by atoms with Gasteiger partial charge in [-0.2, -0.15) is 0 Å². The van der Waals surface area contributed by atoms with Gasteiger partial charge in [0.2, 0.25) is 0 Å². The normalized spacial score (nSPS) is 10.3. The molecule has 0 aliphatic carbocycles. The number of likely N-dealkylation sites (N-methyl/N-ethyl adjacent to an activating group) is 1. The number of ether oxygens (including phenoxy) is 1. The zero-order valence-electron chi connectivity index (χ0n) is 12.4. The molecule has 0 amide bonds. The fourth-order valence-corrected chi connectivity index (χ4v) is 2.21. The summed E-state index contributed by atoms with van der Waals surface area (Å²) in [5, 5.41) is 0. The minimum absolute atomic E-state index is 0.634. The Hall–Kier alpha value is -2.16. The third-order valence-electron chi connectivity index (χ3n) is 3.36. The first kappa shape index (κ1) is 14.3. The molecule has 0 aliphatic rings. The van der Waals surface area contributed by atoms with E-state index in [9.17, 15) is 0 Å². The van der Waals surface area contributed by atoms with Gasteiger partial charge in [-0.1, -0.05) is 29.8 Å². The van der Waals surface area contributed by atoms with Crippen molar-refractivity contribution in [3.8, 4) is 5.75 Å². The number of anilines is 2. The van der Waals surface area contributed by atoms with E-state index in [2.05, 4.69) is 30.9 Å². The van der Waals surface area contributed by atoms with Crippen molar-refractivity contribution in [1.29, 1.82) is 0 Å². The number of nitrogen functional groups attached to an aromatic ring is 1. The predicted molar refractivity (Wildman–Crippen MR) is 85.5 cm³/mol. The van der Waals surface area contributed by atoms with E-state index in [0.29, 0.717) is 6.61 Å². The van der Waals surface area contributed by atoms with Crippen LogP contribution >= 0.6 is 0 Å². The number of nitrogens with two attached hydrogens (primary N) is 1. The summed E-state index contributed by atoms with van der Waals surface area (Å²) in [7, 11) is 2.02. The van der Waals surface area contributed by atoms with E-state index in [1.807, 2.05) is 37.4 Å². The second-order valence-electron chi connectivity index (χ2n) is 5.10. The highest BCUT2D eigenvalue weighted by molar-refractivity contribution is 5.66. The summed E-state index contributed by atoms with van der Waals surface area (Å²) in [6, 6.07) is 14.1. The molecule has 2 rings (SSSR count). The second-order valence-corrected chi connectivity index (χ2v) is 5.10. The summed E-state index contributed by atoms with van der Waals surface area (Å²) in [6.07, 6.45) is 0. The molecule has 2 N–H and O–H groups in total. The fourth-order valence-electron chi connectivity index (χ4n) is 2.21. The number of aryl methyl sites for hydroxylation is 2. The molecule has 3 nitrogen and oxygen atoms in total. The highest BCUT2D eigenvalue weighted by Crippen LogP contribution is 2.21.